The van der Waals surface area contributed by atoms with Crippen LogP contribution in [0.3, 0.4) is 0 Å². The summed E-state index contributed by atoms with van der Waals surface area (Å²) in [5, 5.41) is 3.22. The third-order valence-electron chi connectivity index (χ3n) is 5.45. The van der Waals surface area contributed by atoms with E-state index in [1.807, 2.05) is 30.6 Å². The van der Waals surface area contributed by atoms with Gasteiger partial charge in [-0.15, -0.1) is 0 Å². The van der Waals surface area contributed by atoms with Crippen molar-refractivity contribution in [2.24, 2.45) is 0 Å². The van der Waals surface area contributed by atoms with Gasteiger partial charge in [-0.2, -0.15) is 0 Å². The molecule has 1 aromatic carbocycles. The monoisotopic (exact) mass is 339 g/mol. The van der Waals surface area contributed by atoms with E-state index >= 15 is 0 Å². The zero-order valence-electron chi connectivity index (χ0n) is 15.2. The molecular formula is C21H29N3O. The summed E-state index contributed by atoms with van der Waals surface area (Å²) < 4.78 is 2.18. The Labute approximate surface area is 150 Å². The van der Waals surface area contributed by atoms with Crippen molar-refractivity contribution in [2.75, 3.05) is 6.54 Å². The van der Waals surface area contributed by atoms with Crippen molar-refractivity contribution >= 4 is 5.91 Å². The molecule has 1 aliphatic carbocycles. The Morgan fingerprint density at radius 1 is 1.20 bits per heavy atom. The molecule has 1 heterocycles. The summed E-state index contributed by atoms with van der Waals surface area (Å²) in [5.41, 5.74) is 0.846. The minimum Gasteiger partial charge on any atom is -0.355 e. The average molecular weight is 339 g/mol. The van der Waals surface area contributed by atoms with Crippen molar-refractivity contribution in [1.82, 2.24) is 14.9 Å². The van der Waals surface area contributed by atoms with Gasteiger partial charge in [-0.05, 0) is 24.8 Å². The lowest BCUT2D eigenvalue weighted by Crippen LogP contribution is -2.46. The van der Waals surface area contributed by atoms with Gasteiger partial charge in [-0.1, -0.05) is 56.5 Å². The van der Waals surface area contributed by atoms with Crippen molar-refractivity contribution in [3.05, 3.63) is 54.1 Å². The number of rotatable bonds is 7. The maximum atomic E-state index is 13.1. The van der Waals surface area contributed by atoms with Crippen LogP contribution in [-0.4, -0.2) is 22.0 Å². The summed E-state index contributed by atoms with van der Waals surface area (Å²) in [4.78, 5) is 17.4. The number of carbonyl (C=O) groups is 1. The molecule has 2 aromatic rings. The van der Waals surface area contributed by atoms with Crippen LogP contribution >= 0.6 is 0 Å². The Balaban J connectivity index is 1.60. The van der Waals surface area contributed by atoms with Crippen LogP contribution < -0.4 is 5.32 Å². The van der Waals surface area contributed by atoms with Gasteiger partial charge < -0.3 is 9.88 Å². The molecule has 1 fully saturated rings. The van der Waals surface area contributed by atoms with E-state index in [1.165, 1.54) is 12.0 Å². The summed E-state index contributed by atoms with van der Waals surface area (Å²) in [6.45, 7) is 3.74. The molecule has 0 unspecified atom stereocenters. The van der Waals surface area contributed by atoms with Crippen molar-refractivity contribution in [2.45, 2.75) is 63.8 Å². The quantitative estimate of drug-likeness (QED) is 0.779. The number of imidazole rings is 1. The summed E-state index contributed by atoms with van der Waals surface area (Å²) >= 11 is 0. The molecule has 1 aliphatic rings. The molecule has 0 spiro atoms. The predicted octanol–water partition coefficient (Wildman–Crippen LogP) is 3.85. The first-order chi connectivity index (χ1) is 12.3. The largest absolute Gasteiger partial charge is 0.355 e. The number of nitrogens with one attached hydrogen (secondary N) is 1. The van der Waals surface area contributed by atoms with Crippen LogP contribution in [0.5, 0.6) is 0 Å². The Morgan fingerprint density at radius 3 is 2.68 bits per heavy atom. The highest BCUT2D eigenvalue weighted by atomic mass is 16.2. The van der Waals surface area contributed by atoms with Crippen molar-refractivity contribution < 1.29 is 4.79 Å². The Kier molecular flexibility index (Phi) is 5.90. The Hall–Kier alpha value is -2.10. The highest BCUT2D eigenvalue weighted by molar-refractivity contribution is 5.88. The molecule has 25 heavy (non-hydrogen) atoms. The fraction of sp³-hybridized carbons (Fsp3) is 0.524. The van der Waals surface area contributed by atoms with Gasteiger partial charge in [-0.3, -0.25) is 4.79 Å². The number of nitrogens with zero attached hydrogens (tertiary/aromatic N) is 2. The van der Waals surface area contributed by atoms with E-state index in [4.69, 9.17) is 0 Å². The first-order valence-corrected chi connectivity index (χ1v) is 9.60. The van der Waals surface area contributed by atoms with Gasteiger partial charge in [0, 0.05) is 31.9 Å². The fourth-order valence-electron chi connectivity index (χ4n) is 4.04. The zero-order chi connectivity index (χ0) is 17.5. The minimum atomic E-state index is -0.330. The molecule has 4 nitrogen and oxygen atoms in total. The van der Waals surface area contributed by atoms with E-state index in [-0.39, 0.29) is 11.3 Å². The number of hydrogen-bond donors (Lipinski definition) is 1. The molecule has 1 saturated carbocycles. The van der Waals surface area contributed by atoms with Crippen LogP contribution in [0.15, 0.2) is 42.7 Å². The second-order valence-corrected chi connectivity index (χ2v) is 7.01. The standard InChI is InChI=1S/C21H29N3O/c1-2-19-22-15-17-24(19)16-9-14-23-20(25)21(12-7-4-8-13-21)18-10-5-3-6-11-18/h3,5-6,10-11,15,17H,2,4,7-9,12-14,16H2,1H3,(H,23,25). The molecular weight excluding hydrogens is 310 g/mol. The smallest absolute Gasteiger partial charge is 0.230 e. The van der Waals surface area contributed by atoms with Crippen LogP contribution in [0, 0.1) is 0 Å². The summed E-state index contributed by atoms with van der Waals surface area (Å²) in [7, 11) is 0. The molecule has 1 aromatic heterocycles. The lowest BCUT2D eigenvalue weighted by Gasteiger charge is -2.36. The highest BCUT2D eigenvalue weighted by Crippen LogP contribution is 2.39. The van der Waals surface area contributed by atoms with Gasteiger partial charge in [0.2, 0.25) is 5.91 Å². The first kappa shape index (κ1) is 17.7. The van der Waals surface area contributed by atoms with E-state index in [9.17, 15) is 4.79 Å². The van der Waals surface area contributed by atoms with E-state index in [2.05, 4.69) is 33.9 Å². The lowest BCUT2D eigenvalue weighted by molar-refractivity contribution is -0.128. The van der Waals surface area contributed by atoms with Crippen LogP contribution in [0.25, 0.3) is 0 Å². The molecule has 1 amide bonds. The van der Waals surface area contributed by atoms with Crippen molar-refractivity contribution in [3.8, 4) is 0 Å². The topological polar surface area (TPSA) is 46.9 Å². The molecule has 0 saturated heterocycles. The SMILES string of the molecule is CCc1nccn1CCCNC(=O)C1(c2ccccc2)CCCCC1. The number of aromatic nitrogens is 2. The second kappa shape index (κ2) is 8.32. The number of amides is 1. The average Bonchev–Trinajstić information content (AvgIpc) is 3.14. The molecule has 0 aliphatic heterocycles. The summed E-state index contributed by atoms with van der Waals surface area (Å²) in [6, 6.07) is 10.3. The summed E-state index contributed by atoms with van der Waals surface area (Å²) in [5.74, 6) is 1.32. The molecule has 134 valence electrons. The van der Waals surface area contributed by atoms with Gasteiger partial charge in [-0.25, -0.2) is 4.98 Å². The van der Waals surface area contributed by atoms with E-state index in [0.717, 1.165) is 57.4 Å². The number of hydrogen-bond acceptors (Lipinski definition) is 2. The minimum absolute atomic E-state index is 0.208. The lowest BCUT2D eigenvalue weighted by atomic mass is 9.68. The number of benzene rings is 1. The van der Waals surface area contributed by atoms with Crippen molar-refractivity contribution in [3.63, 3.8) is 0 Å². The molecule has 4 heteroatoms. The van der Waals surface area contributed by atoms with Crippen molar-refractivity contribution in [1.29, 1.82) is 0 Å². The zero-order valence-corrected chi connectivity index (χ0v) is 15.2. The third-order valence-corrected chi connectivity index (χ3v) is 5.45. The van der Waals surface area contributed by atoms with Crippen LogP contribution in [-0.2, 0) is 23.2 Å². The fourth-order valence-corrected chi connectivity index (χ4v) is 4.04. The van der Waals surface area contributed by atoms with E-state index < -0.39 is 0 Å². The predicted molar refractivity (Wildman–Crippen MR) is 100 cm³/mol. The molecule has 1 N–H and O–H groups in total. The molecule has 0 atom stereocenters. The summed E-state index contributed by atoms with van der Waals surface area (Å²) in [6.07, 6.45) is 11.2. The highest BCUT2D eigenvalue weighted by Gasteiger charge is 2.40. The van der Waals surface area contributed by atoms with E-state index in [1.54, 1.807) is 0 Å². The van der Waals surface area contributed by atoms with Gasteiger partial charge in [0.25, 0.3) is 0 Å². The van der Waals surface area contributed by atoms with Gasteiger partial charge in [0.05, 0.1) is 5.41 Å². The number of aryl methyl sites for hydroxylation is 2. The Morgan fingerprint density at radius 2 is 1.96 bits per heavy atom. The Bertz CT molecular complexity index is 671. The van der Waals surface area contributed by atoms with Crippen LogP contribution in [0.4, 0.5) is 0 Å². The third kappa shape index (κ3) is 3.94. The second-order valence-electron chi connectivity index (χ2n) is 7.01. The molecule has 3 rings (SSSR count). The molecule has 0 radical (unpaired) electrons. The van der Waals surface area contributed by atoms with Crippen LogP contribution in [0.2, 0.25) is 0 Å². The van der Waals surface area contributed by atoms with Gasteiger partial charge in [0.1, 0.15) is 5.82 Å². The van der Waals surface area contributed by atoms with Gasteiger partial charge >= 0.3 is 0 Å². The maximum Gasteiger partial charge on any atom is 0.230 e. The number of carbonyl (C=O) groups excluding carboxylic acids is 1. The van der Waals surface area contributed by atoms with Crippen LogP contribution in [0.1, 0.15) is 56.8 Å². The van der Waals surface area contributed by atoms with Gasteiger partial charge in [0.15, 0.2) is 0 Å². The molecule has 0 bridgehead atoms. The first-order valence-electron chi connectivity index (χ1n) is 9.60. The normalized spacial score (nSPS) is 16.5. The maximum absolute atomic E-state index is 13.1. The van der Waals surface area contributed by atoms with E-state index in [0.29, 0.717) is 0 Å².